The molecule has 1 rings (SSSR count). The van der Waals surface area contributed by atoms with Crippen LogP contribution in [-0.4, -0.2) is 32.9 Å². The van der Waals surface area contributed by atoms with Gasteiger partial charge in [-0.05, 0) is 37.6 Å². The number of Topliss-reactive ketones (excluding diaryl/α,β-unsaturated/α-hetero) is 1. The highest BCUT2D eigenvalue weighted by Gasteiger charge is 2.06. The van der Waals surface area contributed by atoms with E-state index < -0.39 is 0 Å². The molecular weight excluding hydrogens is 232 g/mol. The number of carbonyl (C=O) groups is 1. The SMILES string of the molecule is COc1ccc(C(=O)CCCOC(C)OC)cc1. The predicted molar refractivity (Wildman–Crippen MR) is 69.0 cm³/mol. The van der Waals surface area contributed by atoms with Gasteiger partial charge in [-0.3, -0.25) is 4.79 Å². The van der Waals surface area contributed by atoms with Gasteiger partial charge in [0.25, 0.3) is 0 Å². The summed E-state index contributed by atoms with van der Waals surface area (Å²) in [6, 6.07) is 7.13. The number of methoxy groups -OCH3 is 2. The Morgan fingerprint density at radius 2 is 1.89 bits per heavy atom. The standard InChI is InChI=1S/C14H20O4/c1-11(16-2)18-10-4-5-14(15)12-6-8-13(17-3)9-7-12/h6-9,11H,4-5,10H2,1-3H3. The van der Waals surface area contributed by atoms with Gasteiger partial charge in [-0.15, -0.1) is 0 Å². The zero-order valence-corrected chi connectivity index (χ0v) is 11.1. The lowest BCUT2D eigenvalue weighted by molar-refractivity contribution is -0.111. The molecule has 1 unspecified atom stereocenters. The van der Waals surface area contributed by atoms with E-state index in [1.807, 2.05) is 6.92 Å². The van der Waals surface area contributed by atoms with Crippen molar-refractivity contribution in [2.24, 2.45) is 0 Å². The van der Waals surface area contributed by atoms with Crippen LogP contribution in [0.3, 0.4) is 0 Å². The molecule has 0 aliphatic carbocycles. The molecule has 0 heterocycles. The maximum absolute atomic E-state index is 11.8. The number of rotatable bonds is 8. The molecule has 0 saturated heterocycles. The molecule has 0 spiro atoms. The molecule has 4 heteroatoms. The average Bonchev–Trinajstić information content (AvgIpc) is 2.43. The molecule has 1 aromatic carbocycles. The van der Waals surface area contributed by atoms with Gasteiger partial charge in [-0.1, -0.05) is 0 Å². The van der Waals surface area contributed by atoms with Crippen molar-refractivity contribution in [3.63, 3.8) is 0 Å². The molecule has 0 amide bonds. The van der Waals surface area contributed by atoms with E-state index in [0.717, 1.165) is 5.75 Å². The minimum Gasteiger partial charge on any atom is -0.497 e. The lowest BCUT2D eigenvalue weighted by atomic mass is 10.1. The van der Waals surface area contributed by atoms with E-state index in [1.165, 1.54) is 0 Å². The second kappa shape index (κ2) is 7.84. The molecule has 0 N–H and O–H groups in total. The van der Waals surface area contributed by atoms with Crippen LogP contribution in [0.4, 0.5) is 0 Å². The summed E-state index contributed by atoms with van der Waals surface area (Å²) in [4.78, 5) is 11.8. The number of ketones is 1. The van der Waals surface area contributed by atoms with Gasteiger partial charge < -0.3 is 14.2 Å². The maximum atomic E-state index is 11.8. The lowest BCUT2D eigenvalue weighted by Crippen LogP contribution is -2.12. The van der Waals surface area contributed by atoms with E-state index >= 15 is 0 Å². The molecule has 100 valence electrons. The van der Waals surface area contributed by atoms with Crippen LogP contribution in [-0.2, 0) is 9.47 Å². The van der Waals surface area contributed by atoms with Crippen LogP contribution >= 0.6 is 0 Å². The Balaban J connectivity index is 2.31. The first-order valence-corrected chi connectivity index (χ1v) is 5.99. The summed E-state index contributed by atoms with van der Waals surface area (Å²) in [5.74, 6) is 0.870. The van der Waals surface area contributed by atoms with Crippen molar-refractivity contribution in [2.45, 2.75) is 26.1 Å². The van der Waals surface area contributed by atoms with Crippen LogP contribution in [0.15, 0.2) is 24.3 Å². The number of carbonyl (C=O) groups excluding carboxylic acids is 1. The molecular formula is C14H20O4. The van der Waals surface area contributed by atoms with Crippen LogP contribution in [0.1, 0.15) is 30.1 Å². The van der Waals surface area contributed by atoms with Gasteiger partial charge in [0.05, 0.1) is 13.7 Å². The molecule has 1 aromatic rings. The molecule has 1 atom stereocenters. The fourth-order valence-corrected chi connectivity index (χ4v) is 1.47. The largest absolute Gasteiger partial charge is 0.497 e. The van der Waals surface area contributed by atoms with Gasteiger partial charge in [0.15, 0.2) is 12.1 Å². The third-order valence-corrected chi connectivity index (χ3v) is 2.64. The van der Waals surface area contributed by atoms with E-state index in [1.54, 1.807) is 38.5 Å². The summed E-state index contributed by atoms with van der Waals surface area (Å²) in [7, 11) is 3.19. The molecule has 4 nitrogen and oxygen atoms in total. The van der Waals surface area contributed by atoms with E-state index in [0.29, 0.717) is 25.0 Å². The summed E-state index contributed by atoms with van der Waals surface area (Å²) in [5.41, 5.74) is 0.704. The summed E-state index contributed by atoms with van der Waals surface area (Å²) < 4.78 is 15.3. The van der Waals surface area contributed by atoms with E-state index in [2.05, 4.69) is 0 Å². The monoisotopic (exact) mass is 252 g/mol. The van der Waals surface area contributed by atoms with Gasteiger partial charge >= 0.3 is 0 Å². The summed E-state index contributed by atoms with van der Waals surface area (Å²) in [6.45, 7) is 2.35. The Morgan fingerprint density at radius 1 is 1.22 bits per heavy atom. The Hall–Kier alpha value is -1.39. The lowest BCUT2D eigenvalue weighted by Gasteiger charge is -2.10. The highest BCUT2D eigenvalue weighted by molar-refractivity contribution is 5.96. The highest BCUT2D eigenvalue weighted by Crippen LogP contribution is 2.13. The second-order valence-corrected chi connectivity index (χ2v) is 3.93. The van der Waals surface area contributed by atoms with Crippen LogP contribution in [0, 0.1) is 0 Å². The van der Waals surface area contributed by atoms with Gasteiger partial charge in [0, 0.05) is 19.1 Å². The Bertz CT molecular complexity index is 359. The molecule has 0 aromatic heterocycles. The summed E-state index contributed by atoms with van der Waals surface area (Å²) in [6.07, 6.45) is 0.947. The van der Waals surface area contributed by atoms with Crippen molar-refractivity contribution in [3.8, 4) is 5.75 Å². The Labute approximate surface area is 108 Å². The van der Waals surface area contributed by atoms with Crippen LogP contribution in [0.5, 0.6) is 5.75 Å². The zero-order chi connectivity index (χ0) is 13.4. The minimum absolute atomic E-state index is 0.117. The van der Waals surface area contributed by atoms with E-state index in [9.17, 15) is 4.79 Å². The summed E-state index contributed by atoms with van der Waals surface area (Å²) >= 11 is 0. The first kappa shape index (κ1) is 14.7. The quantitative estimate of drug-likeness (QED) is 0.405. The molecule has 0 fully saturated rings. The number of ether oxygens (including phenoxy) is 3. The number of hydrogen-bond acceptors (Lipinski definition) is 4. The molecule has 0 radical (unpaired) electrons. The number of hydrogen-bond donors (Lipinski definition) is 0. The third-order valence-electron chi connectivity index (χ3n) is 2.64. The van der Waals surface area contributed by atoms with Crippen molar-refractivity contribution in [1.29, 1.82) is 0 Å². The van der Waals surface area contributed by atoms with Crippen LogP contribution in [0.25, 0.3) is 0 Å². The second-order valence-electron chi connectivity index (χ2n) is 3.93. The van der Waals surface area contributed by atoms with Crippen molar-refractivity contribution >= 4 is 5.78 Å². The maximum Gasteiger partial charge on any atom is 0.162 e. The first-order valence-electron chi connectivity index (χ1n) is 5.99. The smallest absolute Gasteiger partial charge is 0.162 e. The predicted octanol–water partition coefficient (Wildman–Crippen LogP) is 2.67. The zero-order valence-electron chi connectivity index (χ0n) is 11.1. The molecule has 18 heavy (non-hydrogen) atoms. The van der Waals surface area contributed by atoms with E-state index in [4.69, 9.17) is 14.2 Å². The van der Waals surface area contributed by atoms with Gasteiger partial charge in [-0.2, -0.15) is 0 Å². The topological polar surface area (TPSA) is 44.8 Å². The average molecular weight is 252 g/mol. The Kier molecular flexibility index (Phi) is 6.39. The third kappa shape index (κ3) is 4.85. The molecule has 0 aliphatic rings. The molecule has 0 saturated carbocycles. The van der Waals surface area contributed by atoms with E-state index in [-0.39, 0.29) is 12.1 Å². The normalized spacial score (nSPS) is 12.2. The Morgan fingerprint density at radius 3 is 2.44 bits per heavy atom. The first-order chi connectivity index (χ1) is 8.67. The molecule has 0 bridgehead atoms. The van der Waals surface area contributed by atoms with Crippen molar-refractivity contribution in [2.75, 3.05) is 20.8 Å². The van der Waals surface area contributed by atoms with Crippen LogP contribution < -0.4 is 4.74 Å². The molecule has 0 aliphatic heterocycles. The highest BCUT2D eigenvalue weighted by atomic mass is 16.7. The van der Waals surface area contributed by atoms with Crippen molar-refractivity contribution < 1.29 is 19.0 Å². The van der Waals surface area contributed by atoms with Gasteiger partial charge in [-0.25, -0.2) is 0 Å². The minimum atomic E-state index is -0.221. The van der Waals surface area contributed by atoms with Gasteiger partial charge in [0.2, 0.25) is 0 Å². The fraction of sp³-hybridized carbons (Fsp3) is 0.500. The number of benzene rings is 1. The van der Waals surface area contributed by atoms with Gasteiger partial charge in [0.1, 0.15) is 5.75 Å². The summed E-state index contributed by atoms with van der Waals surface area (Å²) in [5, 5.41) is 0. The van der Waals surface area contributed by atoms with Crippen molar-refractivity contribution in [3.05, 3.63) is 29.8 Å². The fourth-order valence-electron chi connectivity index (χ4n) is 1.47. The van der Waals surface area contributed by atoms with Crippen LogP contribution in [0.2, 0.25) is 0 Å². The van der Waals surface area contributed by atoms with Crippen molar-refractivity contribution in [1.82, 2.24) is 0 Å².